The molecule has 8 rings (SSSR count). The summed E-state index contributed by atoms with van der Waals surface area (Å²) in [5.74, 6) is 0.833. The average molecular weight is 511 g/mol. The minimum atomic E-state index is 0.626. The molecule has 0 aliphatic carbocycles. The standard InChI is InChI=1S/C36H22N4/c37-22-24-10-9-11-25(20-24)30-21-36(40-33-18-7-3-14-28(33)29-15-4-8-19-34(29)40)38-23-35(30)39-31-16-5-1-12-26(31)27-13-2-6-17-32(27)39/h1-21,23H. The van der Waals surface area contributed by atoms with E-state index in [1.165, 1.54) is 21.5 Å². The topological polar surface area (TPSA) is 46.5 Å². The van der Waals surface area contributed by atoms with Crippen molar-refractivity contribution in [3.8, 4) is 28.7 Å². The summed E-state index contributed by atoms with van der Waals surface area (Å²) in [4.78, 5) is 5.10. The summed E-state index contributed by atoms with van der Waals surface area (Å²) >= 11 is 0. The molecule has 3 heterocycles. The quantitative estimate of drug-likeness (QED) is 0.238. The molecule has 0 atom stereocenters. The minimum absolute atomic E-state index is 0.626. The third kappa shape index (κ3) is 3.22. The average Bonchev–Trinajstić information content (AvgIpc) is 3.54. The van der Waals surface area contributed by atoms with Crippen molar-refractivity contribution in [2.24, 2.45) is 0 Å². The maximum Gasteiger partial charge on any atom is 0.138 e. The molecule has 40 heavy (non-hydrogen) atoms. The van der Waals surface area contributed by atoms with E-state index in [1.54, 1.807) is 0 Å². The van der Waals surface area contributed by atoms with E-state index in [4.69, 9.17) is 4.98 Å². The molecule has 5 aromatic carbocycles. The van der Waals surface area contributed by atoms with Crippen LogP contribution in [-0.4, -0.2) is 14.1 Å². The van der Waals surface area contributed by atoms with Crippen molar-refractivity contribution in [3.05, 3.63) is 139 Å². The molecule has 0 amide bonds. The molecule has 0 radical (unpaired) electrons. The number of aromatic nitrogens is 3. The van der Waals surface area contributed by atoms with Crippen LogP contribution in [0.5, 0.6) is 0 Å². The molecule has 4 nitrogen and oxygen atoms in total. The highest BCUT2D eigenvalue weighted by molar-refractivity contribution is 6.10. The summed E-state index contributed by atoms with van der Waals surface area (Å²) in [6.07, 6.45) is 1.98. The second-order valence-electron chi connectivity index (χ2n) is 9.99. The lowest BCUT2D eigenvalue weighted by molar-refractivity contribution is 1.06. The molecule has 0 saturated heterocycles. The Balaban J connectivity index is 1.49. The van der Waals surface area contributed by atoms with E-state index in [0.29, 0.717) is 5.56 Å². The summed E-state index contributed by atoms with van der Waals surface area (Å²) in [7, 11) is 0. The van der Waals surface area contributed by atoms with Gasteiger partial charge >= 0.3 is 0 Å². The number of pyridine rings is 1. The van der Waals surface area contributed by atoms with E-state index in [2.05, 4.69) is 124 Å². The Morgan fingerprint density at radius 3 is 1.55 bits per heavy atom. The molecule has 3 aromatic heterocycles. The van der Waals surface area contributed by atoms with Gasteiger partial charge in [0.05, 0.1) is 45.6 Å². The number of hydrogen-bond acceptors (Lipinski definition) is 2. The van der Waals surface area contributed by atoms with Crippen LogP contribution in [0.3, 0.4) is 0 Å². The number of nitrogens with zero attached hydrogens (tertiary/aromatic N) is 4. The minimum Gasteiger partial charge on any atom is -0.307 e. The predicted octanol–water partition coefficient (Wildman–Crippen LogP) is 8.81. The van der Waals surface area contributed by atoms with E-state index >= 15 is 0 Å². The number of rotatable bonds is 3. The number of fused-ring (bicyclic) bond motifs is 6. The summed E-state index contributed by atoms with van der Waals surface area (Å²) in [6.45, 7) is 0. The van der Waals surface area contributed by atoms with Gasteiger partial charge in [0.1, 0.15) is 5.82 Å². The van der Waals surface area contributed by atoms with Crippen molar-refractivity contribution in [1.29, 1.82) is 5.26 Å². The second kappa shape index (κ2) is 8.69. The first kappa shape index (κ1) is 22.3. The molecule has 0 fully saturated rings. The van der Waals surface area contributed by atoms with Crippen LogP contribution in [0, 0.1) is 11.3 Å². The highest BCUT2D eigenvalue weighted by Gasteiger charge is 2.19. The highest BCUT2D eigenvalue weighted by atomic mass is 15.1. The Hall–Kier alpha value is -5.66. The van der Waals surface area contributed by atoms with Crippen molar-refractivity contribution in [3.63, 3.8) is 0 Å². The smallest absolute Gasteiger partial charge is 0.138 e. The molecular formula is C36H22N4. The number of hydrogen-bond donors (Lipinski definition) is 0. The van der Waals surface area contributed by atoms with Crippen LogP contribution in [0.4, 0.5) is 0 Å². The van der Waals surface area contributed by atoms with Gasteiger partial charge in [0.15, 0.2) is 0 Å². The third-order valence-electron chi connectivity index (χ3n) is 7.80. The van der Waals surface area contributed by atoms with Crippen molar-refractivity contribution >= 4 is 43.6 Å². The SMILES string of the molecule is N#Cc1cccc(-c2cc(-n3c4ccccc4c4ccccc43)ncc2-n2c3ccccc3c3ccccc32)c1. The molecule has 8 aromatic rings. The monoisotopic (exact) mass is 510 g/mol. The molecule has 0 saturated carbocycles. The maximum absolute atomic E-state index is 9.71. The van der Waals surface area contributed by atoms with Gasteiger partial charge in [-0.15, -0.1) is 0 Å². The van der Waals surface area contributed by atoms with Gasteiger partial charge in [0.25, 0.3) is 0 Å². The molecule has 0 N–H and O–H groups in total. The predicted molar refractivity (Wildman–Crippen MR) is 163 cm³/mol. The van der Waals surface area contributed by atoms with E-state index in [1.807, 2.05) is 24.4 Å². The Labute approximate surface area is 230 Å². The zero-order chi connectivity index (χ0) is 26.6. The van der Waals surface area contributed by atoms with Crippen molar-refractivity contribution in [1.82, 2.24) is 14.1 Å². The first-order valence-corrected chi connectivity index (χ1v) is 13.3. The van der Waals surface area contributed by atoms with Gasteiger partial charge in [-0.3, -0.25) is 4.57 Å². The highest BCUT2D eigenvalue weighted by Crippen LogP contribution is 2.38. The van der Waals surface area contributed by atoms with E-state index in [9.17, 15) is 5.26 Å². The first-order valence-electron chi connectivity index (χ1n) is 13.3. The normalized spacial score (nSPS) is 11.5. The van der Waals surface area contributed by atoms with Gasteiger partial charge in [-0.05, 0) is 48.0 Å². The molecule has 0 unspecified atom stereocenters. The Kier molecular flexibility index (Phi) is 4.85. The largest absolute Gasteiger partial charge is 0.307 e. The third-order valence-corrected chi connectivity index (χ3v) is 7.80. The molecule has 186 valence electrons. The van der Waals surface area contributed by atoms with Gasteiger partial charge in [0.2, 0.25) is 0 Å². The number of nitriles is 1. The van der Waals surface area contributed by atoms with E-state index < -0.39 is 0 Å². The van der Waals surface area contributed by atoms with Crippen molar-refractivity contribution < 1.29 is 0 Å². The fraction of sp³-hybridized carbons (Fsp3) is 0. The van der Waals surface area contributed by atoms with Gasteiger partial charge in [0, 0.05) is 27.1 Å². The molecule has 0 bridgehead atoms. The fourth-order valence-electron chi connectivity index (χ4n) is 6.08. The second-order valence-corrected chi connectivity index (χ2v) is 9.99. The lowest BCUT2D eigenvalue weighted by atomic mass is 10.0. The van der Waals surface area contributed by atoms with Gasteiger partial charge in [-0.2, -0.15) is 5.26 Å². The lowest BCUT2D eigenvalue weighted by Crippen LogP contribution is -2.03. The fourth-order valence-corrected chi connectivity index (χ4v) is 6.08. The molecule has 4 heteroatoms. The van der Waals surface area contributed by atoms with Crippen LogP contribution >= 0.6 is 0 Å². The van der Waals surface area contributed by atoms with E-state index in [0.717, 1.165) is 44.7 Å². The Morgan fingerprint density at radius 1 is 0.525 bits per heavy atom. The van der Waals surface area contributed by atoms with Crippen LogP contribution in [-0.2, 0) is 0 Å². The zero-order valence-corrected chi connectivity index (χ0v) is 21.5. The zero-order valence-electron chi connectivity index (χ0n) is 21.5. The van der Waals surface area contributed by atoms with Gasteiger partial charge in [-0.1, -0.05) is 84.9 Å². The molecule has 0 aliphatic rings. The van der Waals surface area contributed by atoms with Gasteiger partial charge < -0.3 is 4.57 Å². The van der Waals surface area contributed by atoms with Crippen molar-refractivity contribution in [2.45, 2.75) is 0 Å². The summed E-state index contributed by atoms with van der Waals surface area (Å²) < 4.78 is 4.53. The van der Waals surface area contributed by atoms with Gasteiger partial charge in [-0.25, -0.2) is 4.98 Å². The molecule has 0 spiro atoms. The Morgan fingerprint density at radius 2 is 1.02 bits per heavy atom. The lowest BCUT2D eigenvalue weighted by Gasteiger charge is -2.16. The van der Waals surface area contributed by atoms with Crippen LogP contribution in [0.25, 0.3) is 66.2 Å². The number of para-hydroxylation sites is 4. The van der Waals surface area contributed by atoms with Crippen LogP contribution in [0.2, 0.25) is 0 Å². The summed E-state index contributed by atoms with van der Waals surface area (Å²) in [5.41, 5.74) is 8.03. The van der Waals surface area contributed by atoms with Crippen molar-refractivity contribution in [2.75, 3.05) is 0 Å². The Bertz CT molecular complexity index is 2190. The first-order chi connectivity index (χ1) is 19.8. The van der Waals surface area contributed by atoms with Crippen LogP contribution < -0.4 is 0 Å². The van der Waals surface area contributed by atoms with E-state index in [-0.39, 0.29) is 0 Å². The summed E-state index contributed by atoms with van der Waals surface area (Å²) in [5, 5.41) is 14.5. The molecular weight excluding hydrogens is 488 g/mol. The summed E-state index contributed by atoms with van der Waals surface area (Å²) in [6, 6.07) is 46.2. The number of benzene rings is 5. The molecule has 0 aliphatic heterocycles. The maximum atomic E-state index is 9.71. The van der Waals surface area contributed by atoms with Crippen LogP contribution in [0.15, 0.2) is 134 Å². The van der Waals surface area contributed by atoms with Crippen LogP contribution in [0.1, 0.15) is 5.56 Å².